The first-order chi connectivity index (χ1) is 12.8. The first-order valence-electron chi connectivity index (χ1n) is 10.7. The lowest BCUT2D eigenvalue weighted by atomic mass is 10.1. The van der Waals surface area contributed by atoms with Crippen molar-refractivity contribution in [1.29, 1.82) is 0 Å². The van der Waals surface area contributed by atoms with Gasteiger partial charge in [-0.1, -0.05) is 13.3 Å². The van der Waals surface area contributed by atoms with Crippen molar-refractivity contribution < 1.29 is 9.47 Å². The molecule has 0 aromatic heterocycles. The van der Waals surface area contributed by atoms with Gasteiger partial charge in [0.25, 0.3) is 0 Å². The smallest absolute Gasteiger partial charge is 0.194 e. The Bertz CT molecular complexity index is 440. The lowest BCUT2D eigenvalue weighted by molar-refractivity contribution is -0.0817. The minimum absolute atomic E-state index is 0. The van der Waals surface area contributed by atoms with E-state index in [1.165, 1.54) is 38.9 Å². The molecule has 6 nitrogen and oxygen atoms in total. The van der Waals surface area contributed by atoms with Crippen molar-refractivity contribution >= 4 is 29.9 Å². The molecule has 0 radical (unpaired) electrons. The zero-order valence-corrected chi connectivity index (χ0v) is 19.5. The standard InChI is InChI=1S/C20H38N4O2.HI/c1-3-21-20(22-14-17(2)15-23-9-5-4-6-10-23)24-11-13-26-19(16-24)18-8-7-12-25-18;/h17-19H,3-16H2,1-2H3,(H,21,22);1H. The summed E-state index contributed by atoms with van der Waals surface area (Å²) in [5.74, 6) is 1.64. The van der Waals surface area contributed by atoms with Crippen LogP contribution in [0.1, 0.15) is 46.0 Å². The number of hydrogen-bond acceptors (Lipinski definition) is 4. The second kappa shape index (κ2) is 12.4. The van der Waals surface area contributed by atoms with E-state index < -0.39 is 0 Å². The van der Waals surface area contributed by atoms with E-state index in [-0.39, 0.29) is 36.2 Å². The molecular formula is C20H39IN4O2. The normalized spacial score (nSPS) is 28.7. The number of rotatable bonds is 6. The van der Waals surface area contributed by atoms with Crippen LogP contribution in [0.5, 0.6) is 0 Å². The van der Waals surface area contributed by atoms with Gasteiger partial charge in [0, 0.05) is 39.3 Å². The highest BCUT2D eigenvalue weighted by Gasteiger charge is 2.32. The summed E-state index contributed by atoms with van der Waals surface area (Å²) in [7, 11) is 0. The molecule has 1 N–H and O–H groups in total. The number of halogens is 1. The van der Waals surface area contributed by atoms with Crippen LogP contribution in [0.2, 0.25) is 0 Å². The average molecular weight is 494 g/mol. The van der Waals surface area contributed by atoms with Gasteiger partial charge in [-0.2, -0.15) is 0 Å². The number of nitrogens with one attached hydrogen (secondary N) is 1. The molecular weight excluding hydrogens is 455 g/mol. The largest absolute Gasteiger partial charge is 0.375 e. The maximum Gasteiger partial charge on any atom is 0.194 e. The summed E-state index contributed by atoms with van der Waals surface area (Å²) in [6.45, 7) is 13.4. The predicted octanol–water partition coefficient (Wildman–Crippen LogP) is 2.57. The Morgan fingerprint density at radius 1 is 1.07 bits per heavy atom. The summed E-state index contributed by atoms with van der Waals surface area (Å²) in [6.07, 6.45) is 6.84. The Morgan fingerprint density at radius 2 is 1.85 bits per heavy atom. The van der Waals surface area contributed by atoms with Crippen LogP contribution in [0.15, 0.2) is 4.99 Å². The summed E-state index contributed by atoms with van der Waals surface area (Å²) in [5, 5.41) is 3.49. The first kappa shape index (κ1) is 23.2. The first-order valence-corrected chi connectivity index (χ1v) is 10.7. The molecule has 3 fully saturated rings. The lowest BCUT2D eigenvalue weighted by Gasteiger charge is -2.37. The molecule has 3 aliphatic heterocycles. The number of aliphatic imine (C=N–C) groups is 1. The molecule has 0 bridgehead atoms. The van der Waals surface area contributed by atoms with Gasteiger partial charge in [-0.3, -0.25) is 4.99 Å². The Kier molecular flexibility index (Phi) is 10.7. The molecule has 27 heavy (non-hydrogen) atoms. The van der Waals surface area contributed by atoms with Crippen molar-refractivity contribution in [3.8, 4) is 0 Å². The molecule has 0 aromatic carbocycles. The number of ether oxygens (including phenoxy) is 2. The van der Waals surface area contributed by atoms with Gasteiger partial charge in [0.1, 0.15) is 6.10 Å². The van der Waals surface area contributed by atoms with Gasteiger partial charge in [0.2, 0.25) is 0 Å². The Balaban J connectivity index is 0.00000261. The summed E-state index contributed by atoms with van der Waals surface area (Å²) < 4.78 is 11.8. The van der Waals surface area contributed by atoms with E-state index in [4.69, 9.17) is 14.5 Å². The SMILES string of the molecule is CCNC(=NCC(C)CN1CCCCC1)N1CCOC(C2CCCO2)C1.I. The van der Waals surface area contributed by atoms with Crippen molar-refractivity contribution in [3.05, 3.63) is 0 Å². The fourth-order valence-corrected chi connectivity index (χ4v) is 4.30. The Hall–Kier alpha value is -0.120. The maximum absolute atomic E-state index is 5.99. The van der Waals surface area contributed by atoms with E-state index in [9.17, 15) is 0 Å². The van der Waals surface area contributed by atoms with E-state index in [1.807, 2.05) is 0 Å². The summed E-state index contributed by atoms with van der Waals surface area (Å²) in [6, 6.07) is 0. The third kappa shape index (κ3) is 7.33. The average Bonchev–Trinajstić information content (AvgIpc) is 3.21. The van der Waals surface area contributed by atoms with Crippen molar-refractivity contribution in [2.75, 3.05) is 59.0 Å². The predicted molar refractivity (Wildman–Crippen MR) is 121 cm³/mol. The van der Waals surface area contributed by atoms with Crippen molar-refractivity contribution in [1.82, 2.24) is 15.1 Å². The van der Waals surface area contributed by atoms with Crippen molar-refractivity contribution in [2.45, 2.75) is 58.2 Å². The van der Waals surface area contributed by atoms with Gasteiger partial charge in [0.15, 0.2) is 5.96 Å². The van der Waals surface area contributed by atoms with E-state index in [2.05, 4.69) is 29.0 Å². The molecule has 0 saturated carbocycles. The number of hydrogen-bond donors (Lipinski definition) is 1. The monoisotopic (exact) mass is 494 g/mol. The van der Waals surface area contributed by atoms with E-state index in [1.54, 1.807) is 0 Å². The van der Waals surface area contributed by atoms with Crippen LogP contribution in [0, 0.1) is 5.92 Å². The van der Waals surface area contributed by atoms with Crippen LogP contribution < -0.4 is 5.32 Å². The molecule has 7 heteroatoms. The zero-order chi connectivity index (χ0) is 18.2. The summed E-state index contributed by atoms with van der Waals surface area (Å²) >= 11 is 0. The van der Waals surface area contributed by atoms with E-state index >= 15 is 0 Å². The minimum Gasteiger partial charge on any atom is -0.375 e. The molecule has 0 aliphatic carbocycles. The zero-order valence-electron chi connectivity index (χ0n) is 17.2. The Morgan fingerprint density at radius 3 is 2.56 bits per heavy atom. The summed E-state index contributed by atoms with van der Waals surface area (Å²) in [5.41, 5.74) is 0. The van der Waals surface area contributed by atoms with Crippen molar-refractivity contribution in [3.63, 3.8) is 0 Å². The fraction of sp³-hybridized carbons (Fsp3) is 0.950. The molecule has 3 atom stereocenters. The molecule has 158 valence electrons. The molecule has 3 heterocycles. The van der Waals surface area contributed by atoms with Gasteiger partial charge >= 0.3 is 0 Å². The molecule has 0 aromatic rings. The van der Waals surface area contributed by atoms with E-state index in [0.29, 0.717) is 5.92 Å². The number of nitrogens with zero attached hydrogens (tertiary/aromatic N) is 3. The number of piperidine rings is 1. The highest BCUT2D eigenvalue weighted by atomic mass is 127. The molecule has 3 saturated heterocycles. The second-order valence-corrected chi connectivity index (χ2v) is 8.07. The lowest BCUT2D eigenvalue weighted by Crippen LogP contribution is -2.53. The number of guanidine groups is 1. The van der Waals surface area contributed by atoms with Crippen LogP contribution in [0.3, 0.4) is 0 Å². The molecule has 3 rings (SSSR count). The maximum atomic E-state index is 5.99. The van der Waals surface area contributed by atoms with Crippen molar-refractivity contribution in [2.24, 2.45) is 10.9 Å². The minimum atomic E-state index is 0. The van der Waals surface area contributed by atoms with Gasteiger partial charge in [0.05, 0.1) is 12.7 Å². The third-order valence-corrected chi connectivity index (χ3v) is 5.68. The quantitative estimate of drug-likeness (QED) is 0.350. The molecule has 0 spiro atoms. The van der Waals surface area contributed by atoms with Crippen LogP contribution in [-0.4, -0.2) is 87.0 Å². The highest BCUT2D eigenvalue weighted by molar-refractivity contribution is 14.0. The third-order valence-electron chi connectivity index (χ3n) is 5.68. The van der Waals surface area contributed by atoms with Gasteiger partial charge in [-0.05, 0) is 51.6 Å². The van der Waals surface area contributed by atoms with Crippen LogP contribution >= 0.6 is 24.0 Å². The molecule has 3 unspecified atom stereocenters. The topological polar surface area (TPSA) is 49.3 Å². The van der Waals surface area contributed by atoms with Gasteiger partial charge in [-0.15, -0.1) is 24.0 Å². The van der Waals surface area contributed by atoms with Crippen LogP contribution in [0.4, 0.5) is 0 Å². The van der Waals surface area contributed by atoms with Gasteiger partial charge in [-0.25, -0.2) is 0 Å². The van der Waals surface area contributed by atoms with Crippen LogP contribution in [-0.2, 0) is 9.47 Å². The summed E-state index contributed by atoms with van der Waals surface area (Å²) in [4.78, 5) is 9.95. The van der Waals surface area contributed by atoms with E-state index in [0.717, 1.165) is 58.2 Å². The van der Waals surface area contributed by atoms with Gasteiger partial charge < -0.3 is 24.6 Å². The Labute approximate surface area is 182 Å². The second-order valence-electron chi connectivity index (χ2n) is 8.07. The molecule has 0 amide bonds. The fourth-order valence-electron chi connectivity index (χ4n) is 4.30. The number of morpholine rings is 1. The molecule has 3 aliphatic rings. The highest BCUT2D eigenvalue weighted by Crippen LogP contribution is 2.21. The number of likely N-dealkylation sites (tertiary alicyclic amines) is 1. The van der Waals surface area contributed by atoms with Crippen LogP contribution in [0.25, 0.3) is 0 Å².